The van der Waals surface area contributed by atoms with Gasteiger partial charge in [-0.3, -0.25) is 14.2 Å². The number of nitrogens with one attached hydrogen (secondary N) is 1. The van der Waals surface area contributed by atoms with E-state index in [0.29, 0.717) is 48.7 Å². The van der Waals surface area contributed by atoms with Crippen LogP contribution in [0.4, 0.5) is 0 Å². The van der Waals surface area contributed by atoms with Crippen molar-refractivity contribution in [2.24, 2.45) is 0 Å². The standard InChI is InChI=1S/C22H15ClN4O2S3/c1-2-8-27-21(29)13-7-9-30-19(13)26-22(27)32-11-16-24-18(28)17-14(10-31-20(17)25-16)12-5-3-4-6-15(12)23/h2-7,9-10H,1,8,11H2,(H,24,25,28). The van der Waals surface area contributed by atoms with Crippen LogP contribution in [-0.4, -0.2) is 19.5 Å². The van der Waals surface area contributed by atoms with Crippen LogP contribution >= 0.6 is 46.0 Å². The first-order chi connectivity index (χ1) is 15.6. The lowest BCUT2D eigenvalue weighted by Crippen LogP contribution is -2.22. The summed E-state index contributed by atoms with van der Waals surface area (Å²) in [5, 5.41) is 6.03. The maximum Gasteiger partial charge on any atom is 0.263 e. The quantitative estimate of drug-likeness (QED) is 0.188. The Kier molecular flexibility index (Phi) is 5.73. The van der Waals surface area contributed by atoms with Crippen molar-refractivity contribution in [3.63, 3.8) is 0 Å². The first kappa shape index (κ1) is 21.1. The molecule has 0 unspecified atom stereocenters. The number of fused-ring (bicyclic) bond motifs is 2. The Morgan fingerprint density at radius 2 is 1.97 bits per heavy atom. The van der Waals surface area contributed by atoms with Gasteiger partial charge in [-0.05, 0) is 17.5 Å². The van der Waals surface area contributed by atoms with Crippen LogP contribution in [-0.2, 0) is 12.3 Å². The molecule has 6 nitrogen and oxygen atoms in total. The van der Waals surface area contributed by atoms with Gasteiger partial charge >= 0.3 is 0 Å². The number of H-pyrrole nitrogens is 1. The summed E-state index contributed by atoms with van der Waals surface area (Å²) in [6, 6.07) is 9.21. The molecule has 5 aromatic rings. The Hall–Kier alpha value is -2.72. The van der Waals surface area contributed by atoms with Crippen molar-refractivity contribution in [3.8, 4) is 11.1 Å². The summed E-state index contributed by atoms with van der Waals surface area (Å²) in [6.45, 7) is 4.10. The summed E-state index contributed by atoms with van der Waals surface area (Å²) >= 11 is 10.5. The average Bonchev–Trinajstić information content (AvgIpc) is 3.42. The van der Waals surface area contributed by atoms with Gasteiger partial charge in [0.25, 0.3) is 11.1 Å². The summed E-state index contributed by atoms with van der Waals surface area (Å²) in [5.74, 6) is 0.885. The highest BCUT2D eigenvalue weighted by Gasteiger charge is 2.16. The summed E-state index contributed by atoms with van der Waals surface area (Å²) in [5.41, 5.74) is 1.26. The molecule has 0 aliphatic heterocycles. The predicted octanol–water partition coefficient (Wildman–Crippen LogP) is 5.55. The molecule has 160 valence electrons. The fourth-order valence-electron chi connectivity index (χ4n) is 3.40. The molecular formula is C22H15ClN4O2S3. The Balaban J connectivity index is 1.50. The maximum absolute atomic E-state index is 12.9. The largest absolute Gasteiger partial charge is 0.309 e. The van der Waals surface area contributed by atoms with Gasteiger partial charge in [0, 0.05) is 28.1 Å². The molecule has 0 saturated carbocycles. The molecule has 4 aromatic heterocycles. The van der Waals surface area contributed by atoms with Crippen LogP contribution in [0.15, 0.2) is 68.5 Å². The number of aromatic amines is 1. The molecule has 0 spiro atoms. The van der Waals surface area contributed by atoms with E-state index in [1.165, 1.54) is 34.4 Å². The Bertz CT molecular complexity index is 1600. The van der Waals surface area contributed by atoms with Crippen LogP contribution in [0, 0.1) is 0 Å². The molecule has 0 fully saturated rings. The minimum Gasteiger partial charge on any atom is -0.309 e. The third-order valence-electron chi connectivity index (χ3n) is 4.86. The normalized spacial score (nSPS) is 11.4. The van der Waals surface area contributed by atoms with E-state index in [1.807, 2.05) is 29.0 Å². The summed E-state index contributed by atoms with van der Waals surface area (Å²) in [6.07, 6.45) is 1.67. The van der Waals surface area contributed by atoms with Crippen molar-refractivity contribution in [1.29, 1.82) is 0 Å². The molecule has 0 radical (unpaired) electrons. The van der Waals surface area contributed by atoms with Crippen LogP contribution in [0.1, 0.15) is 5.82 Å². The molecule has 4 heterocycles. The summed E-state index contributed by atoms with van der Waals surface area (Å²) in [4.78, 5) is 39.2. The minimum absolute atomic E-state index is 0.0989. The molecule has 0 aliphatic carbocycles. The zero-order valence-electron chi connectivity index (χ0n) is 16.5. The van der Waals surface area contributed by atoms with Crippen molar-refractivity contribution >= 4 is 66.5 Å². The van der Waals surface area contributed by atoms with E-state index in [0.717, 1.165) is 11.1 Å². The molecule has 1 N–H and O–H groups in total. The molecular weight excluding hydrogens is 484 g/mol. The van der Waals surface area contributed by atoms with Crippen LogP contribution < -0.4 is 11.1 Å². The maximum atomic E-state index is 12.9. The second-order valence-electron chi connectivity index (χ2n) is 6.85. The molecule has 0 bridgehead atoms. The fraction of sp³-hybridized carbons (Fsp3) is 0.0909. The lowest BCUT2D eigenvalue weighted by molar-refractivity contribution is 0.672. The molecule has 0 amide bonds. The molecule has 5 rings (SSSR count). The number of thiophene rings is 2. The number of nitrogens with zero attached hydrogens (tertiary/aromatic N) is 3. The van der Waals surface area contributed by atoms with Crippen molar-refractivity contribution in [2.75, 3.05) is 0 Å². The van der Waals surface area contributed by atoms with E-state index in [9.17, 15) is 9.59 Å². The first-order valence-corrected chi connectivity index (χ1v) is 12.7. The van der Waals surface area contributed by atoms with Gasteiger partial charge in [-0.1, -0.05) is 47.6 Å². The molecule has 0 atom stereocenters. The van der Waals surface area contributed by atoms with E-state index < -0.39 is 0 Å². The van der Waals surface area contributed by atoms with Gasteiger partial charge in [-0.2, -0.15) is 0 Å². The highest BCUT2D eigenvalue weighted by molar-refractivity contribution is 7.98. The number of halogens is 1. The van der Waals surface area contributed by atoms with E-state index >= 15 is 0 Å². The number of hydrogen-bond acceptors (Lipinski definition) is 7. The Morgan fingerprint density at radius 1 is 1.12 bits per heavy atom. The van der Waals surface area contributed by atoms with Crippen molar-refractivity contribution in [1.82, 2.24) is 19.5 Å². The van der Waals surface area contributed by atoms with Crippen LogP contribution in [0.2, 0.25) is 5.02 Å². The van der Waals surface area contributed by atoms with Crippen LogP contribution in [0.5, 0.6) is 0 Å². The topological polar surface area (TPSA) is 80.6 Å². The SMILES string of the molecule is C=CCn1c(SCc2nc3scc(-c4ccccc4Cl)c3c(=O)[nH]2)nc2sccc2c1=O. The van der Waals surface area contributed by atoms with Gasteiger partial charge in [-0.25, -0.2) is 9.97 Å². The van der Waals surface area contributed by atoms with Crippen molar-refractivity contribution < 1.29 is 0 Å². The lowest BCUT2D eigenvalue weighted by atomic mass is 10.1. The average molecular weight is 499 g/mol. The lowest BCUT2D eigenvalue weighted by Gasteiger charge is -2.09. The molecule has 0 aliphatic rings. The van der Waals surface area contributed by atoms with Gasteiger partial charge in [0.15, 0.2) is 5.16 Å². The monoisotopic (exact) mass is 498 g/mol. The third-order valence-corrected chi connectivity index (χ3v) is 7.85. The molecule has 0 saturated heterocycles. The van der Waals surface area contributed by atoms with Crippen LogP contribution in [0.25, 0.3) is 31.6 Å². The number of thioether (sulfide) groups is 1. The van der Waals surface area contributed by atoms with Gasteiger partial charge < -0.3 is 4.98 Å². The second-order valence-corrected chi connectivity index (χ2v) is 9.95. The highest BCUT2D eigenvalue weighted by atomic mass is 35.5. The van der Waals surface area contributed by atoms with Crippen molar-refractivity contribution in [2.45, 2.75) is 17.5 Å². The fourth-order valence-corrected chi connectivity index (χ4v) is 6.28. The van der Waals surface area contributed by atoms with E-state index in [2.05, 4.69) is 21.5 Å². The Morgan fingerprint density at radius 3 is 2.78 bits per heavy atom. The molecule has 10 heteroatoms. The number of benzene rings is 1. The summed E-state index contributed by atoms with van der Waals surface area (Å²) in [7, 11) is 0. The number of rotatable bonds is 6. The highest BCUT2D eigenvalue weighted by Crippen LogP contribution is 2.35. The third kappa shape index (κ3) is 3.71. The van der Waals surface area contributed by atoms with E-state index in [-0.39, 0.29) is 11.1 Å². The Labute approximate surface area is 199 Å². The first-order valence-electron chi connectivity index (χ1n) is 9.54. The summed E-state index contributed by atoms with van der Waals surface area (Å²) < 4.78 is 1.59. The van der Waals surface area contributed by atoms with Gasteiger partial charge in [0.05, 0.1) is 16.5 Å². The smallest absolute Gasteiger partial charge is 0.263 e. The van der Waals surface area contributed by atoms with Gasteiger partial charge in [-0.15, -0.1) is 29.3 Å². The van der Waals surface area contributed by atoms with Gasteiger partial charge in [0.2, 0.25) is 0 Å². The number of aromatic nitrogens is 4. The van der Waals surface area contributed by atoms with Crippen LogP contribution in [0.3, 0.4) is 0 Å². The predicted molar refractivity (Wildman–Crippen MR) is 134 cm³/mol. The molecule has 32 heavy (non-hydrogen) atoms. The van der Waals surface area contributed by atoms with E-state index in [4.69, 9.17) is 11.6 Å². The number of allylic oxidation sites excluding steroid dienone is 1. The van der Waals surface area contributed by atoms with E-state index in [1.54, 1.807) is 22.8 Å². The number of hydrogen-bond donors (Lipinski definition) is 1. The van der Waals surface area contributed by atoms with Gasteiger partial charge in [0.1, 0.15) is 15.5 Å². The second kappa shape index (κ2) is 8.67. The minimum atomic E-state index is -0.216. The molecule has 1 aromatic carbocycles. The zero-order chi connectivity index (χ0) is 22.2. The van der Waals surface area contributed by atoms with Crippen molar-refractivity contribution in [3.05, 3.63) is 85.3 Å². The zero-order valence-corrected chi connectivity index (χ0v) is 19.7.